The second-order valence-corrected chi connectivity index (χ2v) is 11.0. The molecule has 1 spiro atoms. The SMILES string of the molecule is Cc1nc(N2CCC3(CC2)Cc2ccccc2C3N)n2ccnc2c1Sc1ccnc(Cl)c1Cl. The van der Waals surface area contributed by atoms with Crippen molar-refractivity contribution in [1.29, 1.82) is 0 Å². The predicted molar refractivity (Wildman–Crippen MR) is 137 cm³/mol. The van der Waals surface area contributed by atoms with Crippen molar-refractivity contribution in [2.75, 3.05) is 18.0 Å². The van der Waals surface area contributed by atoms with Gasteiger partial charge in [-0.05, 0) is 48.8 Å². The van der Waals surface area contributed by atoms with Crippen molar-refractivity contribution in [2.24, 2.45) is 11.1 Å². The van der Waals surface area contributed by atoms with Gasteiger partial charge in [0.05, 0.1) is 15.6 Å². The van der Waals surface area contributed by atoms with Crippen LogP contribution >= 0.6 is 35.0 Å². The number of rotatable bonds is 3. The Bertz CT molecular complexity index is 1400. The molecule has 174 valence electrons. The first-order valence-corrected chi connectivity index (χ1v) is 12.9. The number of imidazole rings is 1. The van der Waals surface area contributed by atoms with E-state index in [1.54, 1.807) is 6.20 Å². The van der Waals surface area contributed by atoms with Gasteiger partial charge in [-0.3, -0.25) is 4.40 Å². The zero-order chi connectivity index (χ0) is 23.4. The van der Waals surface area contributed by atoms with E-state index in [4.69, 9.17) is 33.9 Å². The van der Waals surface area contributed by atoms with E-state index in [2.05, 4.69) is 43.5 Å². The summed E-state index contributed by atoms with van der Waals surface area (Å²) in [5.74, 6) is 0.923. The number of anilines is 1. The van der Waals surface area contributed by atoms with Crippen LogP contribution in [0.25, 0.3) is 5.65 Å². The van der Waals surface area contributed by atoms with Gasteiger partial charge in [0.25, 0.3) is 0 Å². The molecule has 1 unspecified atom stereocenters. The quantitative estimate of drug-likeness (QED) is 0.354. The Hall–Kier alpha value is -2.32. The Morgan fingerprint density at radius 2 is 1.88 bits per heavy atom. The number of hydrogen-bond donors (Lipinski definition) is 1. The zero-order valence-corrected chi connectivity index (χ0v) is 21.0. The monoisotopic (exact) mass is 510 g/mol. The topological polar surface area (TPSA) is 72.3 Å². The minimum absolute atomic E-state index is 0.101. The van der Waals surface area contributed by atoms with Crippen LogP contribution in [0.5, 0.6) is 0 Å². The number of aromatic nitrogens is 4. The fourth-order valence-corrected chi connectivity index (χ4v) is 6.85. The molecule has 9 heteroatoms. The molecular formula is C25H24Cl2N6S. The van der Waals surface area contributed by atoms with Crippen molar-refractivity contribution in [3.8, 4) is 0 Å². The van der Waals surface area contributed by atoms with Crippen LogP contribution in [0.3, 0.4) is 0 Å². The molecular weight excluding hydrogens is 487 g/mol. The summed E-state index contributed by atoms with van der Waals surface area (Å²) in [6.45, 7) is 3.85. The van der Waals surface area contributed by atoms with E-state index in [-0.39, 0.29) is 11.5 Å². The fraction of sp³-hybridized carbons (Fsp3) is 0.320. The standard InChI is InChI=1S/C25H24Cl2N6S/c1-15-20(34-18-6-9-29-22(27)19(18)26)23-30-10-13-33(23)24(31-15)32-11-7-25(8-12-32)14-16-4-2-3-5-17(16)21(25)28/h2-6,9-10,13,21H,7-8,11-12,14,28H2,1H3. The molecule has 6 nitrogen and oxygen atoms in total. The maximum atomic E-state index is 6.78. The van der Waals surface area contributed by atoms with Gasteiger partial charge in [-0.15, -0.1) is 0 Å². The Balaban J connectivity index is 1.29. The van der Waals surface area contributed by atoms with Crippen LogP contribution in [0.15, 0.2) is 58.7 Å². The summed E-state index contributed by atoms with van der Waals surface area (Å²) in [5, 5.41) is 0.736. The molecule has 6 rings (SSSR count). The van der Waals surface area contributed by atoms with Gasteiger partial charge >= 0.3 is 0 Å². The summed E-state index contributed by atoms with van der Waals surface area (Å²) >= 11 is 14.0. The third-order valence-electron chi connectivity index (χ3n) is 7.31. The molecule has 34 heavy (non-hydrogen) atoms. The molecule has 0 saturated carbocycles. The average molecular weight is 511 g/mol. The lowest BCUT2D eigenvalue weighted by Gasteiger charge is -2.42. The minimum atomic E-state index is 0.101. The number of halogens is 2. The van der Waals surface area contributed by atoms with Crippen LogP contribution < -0.4 is 10.6 Å². The summed E-state index contributed by atoms with van der Waals surface area (Å²) < 4.78 is 2.08. The van der Waals surface area contributed by atoms with Crippen LogP contribution in [0.1, 0.15) is 35.7 Å². The molecule has 4 aromatic rings. The number of hydrogen-bond acceptors (Lipinski definition) is 6. The Kier molecular flexibility index (Phi) is 5.48. The molecule has 1 aliphatic heterocycles. The lowest BCUT2D eigenvalue weighted by Crippen LogP contribution is -2.45. The molecule has 1 aliphatic carbocycles. The molecule has 0 radical (unpaired) electrons. The molecule has 2 aliphatic rings. The van der Waals surface area contributed by atoms with Crippen molar-refractivity contribution < 1.29 is 0 Å². The number of nitrogens with zero attached hydrogens (tertiary/aromatic N) is 5. The highest BCUT2D eigenvalue weighted by Crippen LogP contribution is 2.51. The number of pyridine rings is 1. The van der Waals surface area contributed by atoms with E-state index in [0.29, 0.717) is 10.2 Å². The van der Waals surface area contributed by atoms with E-state index >= 15 is 0 Å². The number of fused-ring (bicyclic) bond motifs is 2. The molecule has 1 atom stereocenters. The molecule has 0 amide bonds. The molecule has 0 bridgehead atoms. The summed E-state index contributed by atoms with van der Waals surface area (Å²) in [6.07, 6.45) is 8.61. The second-order valence-electron chi connectivity index (χ2n) is 9.17. The van der Waals surface area contributed by atoms with E-state index in [1.807, 2.05) is 25.4 Å². The minimum Gasteiger partial charge on any atom is -0.342 e. The Morgan fingerprint density at radius 3 is 2.68 bits per heavy atom. The summed E-state index contributed by atoms with van der Waals surface area (Å²) in [6, 6.07) is 10.6. The van der Waals surface area contributed by atoms with E-state index in [0.717, 1.165) is 59.4 Å². The van der Waals surface area contributed by atoms with Crippen molar-refractivity contribution in [3.05, 3.63) is 75.9 Å². The predicted octanol–water partition coefficient (Wildman–Crippen LogP) is 5.73. The van der Waals surface area contributed by atoms with Crippen molar-refractivity contribution in [3.63, 3.8) is 0 Å². The van der Waals surface area contributed by atoms with Gasteiger partial charge in [-0.25, -0.2) is 15.0 Å². The number of nitrogens with two attached hydrogens (primary N) is 1. The first-order chi connectivity index (χ1) is 16.5. The van der Waals surface area contributed by atoms with Crippen molar-refractivity contribution in [1.82, 2.24) is 19.4 Å². The Labute approximate surface area is 212 Å². The maximum absolute atomic E-state index is 6.78. The first kappa shape index (κ1) is 22.2. The van der Waals surface area contributed by atoms with Crippen LogP contribution in [0, 0.1) is 12.3 Å². The molecule has 1 aromatic carbocycles. The van der Waals surface area contributed by atoms with Gasteiger partial charge in [0, 0.05) is 42.6 Å². The first-order valence-electron chi connectivity index (χ1n) is 11.4. The molecule has 4 heterocycles. The third kappa shape index (κ3) is 3.49. The van der Waals surface area contributed by atoms with Crippen LogP contribution in [-0.2, 0) is 6.42 Å². The van der Waals surface area contributed by atoms with Gasteiger partial charge in [0.15, 0.2) is 5.65 Å². The van der Waals surface area contributed by atoms with Crippen LogP contribution in [-0.4, -0.2) is 32.4 Å². The highest BCUT2D eigenvalue weighted by Gasteiger charge is 2.46. The van der Waals surface area contributed by atoms with E-state index < -0.39 is 0 Å². The zero-order valence-electron chi connectivity index (χ0n) is 18.7. The van der Waals surface area contributed by atoms with Crippen LogP contribution in [0.2, 0.25) is 10.2 Å². The largest absolute Gasteiger partial charge is 0.342 e. The summed E-state index contributed by atoms with van der Waals surface area (Å²) in [4.78, 5) is 17.9. The van der Waals surface area contributed by atoms with Gasteiger partial charge < -0.3 is 10.6 Å². The van der Waals surface area contributed by atoms with Gasteiger partial charge in [0.1, 0.15) is 5.15 Å². The smallest absolute Gasteiger partial charge is 0.211 e. The van der Waals surface area contributed by atoms with Gasteiger partial charge in [-0.1, -0.05) is 59.2 Å². The van der Waals surface area contributed by atoms with E-state index in [9.17, 15) is 0 Å². The lowest BCUT2D eigenvalue weighted by molar-refractivity contribution is 0.186. The van der Waals surface area contributed by atoms with Gasteiger partial charge in [-0.2, -0.15) is 0 Å². The van der Waals surface area contributed by atoms with E-state index in [1.165, 1.54) is 22.9 Å². The van der Waals surface area contributed by atoms with Crippen molar-refractivity contribution in [2.45, 2.75) is 42.0 Å². The number of aryl methyl sites for hydroxylation is 1. The number of benzene rings is 1. The Morgan fingerprint density at radius 1 is 1.09 bits per heavy atom. The molecule has 3 aromatic heterocycles. The molecule has 1 fully saturated rings. The highest BCUT2D eigenvalue weighted by atomic mass is 35.5. The van der Waals surface area contributed by atoms with Crippen molar-refractivity contribution >= 4 is 46.6 Å². The second kappa shape index (κ2) is 8.41. The molecule has 2 N–H and O–H groups in total. The average Bonchev–Trinajstić information content (AvgIpc) is 3.43. The maximum Gasteiger partial charge on any atom is 0.211 e. The normalized spacial score (nSPS) is 19.2. The van der Waals surface area contributed by atoms with Crippen LogP contribution in [0.4, 0.5) is 5.95 Å². The fourth-order valence-electron chi connectivity index (χ4n) is 5.44. The third-order valence-corrected chi connectivity index (χ3v) is 9.43. The van der Waals surface area contributed by atoms with Gasteiger partial charge in [0.2, 0.25) is 5.95 Å². The summed E-state index contributed by atoms with van der Waals surface area (Å²) in [7, 11) is 0. The number of piperidine rings is 1. The summed E-state index contributed by atoms with van der Waals surface area (Å²) in [5.41, 5.74) is 11.4. The molecule has 1 saturated heterocycles. The highest BCUT2D eigenvalue weighted by molar-refractivity contribution is 7.99. The lowest BCUT2D eigenvalue weighted by atomic mass is 9.73.